The van der Waals surface area contributed by atoms with Gasteiger partial charge in [0.2, 0.25) is 0 Å². The molecule has 12 rings (SSSR count). The molecule has 0 fully saturated rings. The number of nitrogens with zero attached hydrogens (tertiary/aromatic N) is 2. The minimum atomic E-state index is 0.0599. The molecule has 0 spiro atoms. The van der Waals surface area contributed by atoms with Crippen LogP contribution in [0.4, 0.5) is 34.1 Å². The lowest BCUT2D eigenvalue weighted by Crippen LogP contribution is -2.13. The zero-order valence-corrected chi connectivity index (χ0v) is 42.4. The smallest absolute Gasteiger partial charge is 0.136 e. The van der Waals surface area contributed by atoms with Crippen LogP contribution in [0.5, 0.6) is 0 Å². The van der Waals surface area contributed by atoms with E-state index in [4.69, 9.17) is 4.42 Å². The van der Waals surface area contributed by atoms with E-state index in [1.807, 2.05) is 0 Å². The van der Waals surface area contributed by atoms with E-state index in [1.54, 1.807) is 0 Å². The quantitative estimate of drug-likeness (QED) is 0.144. The molecule has 0 aliphatic carbocycles. The molecule has 0 radical (unpaired) electrons. The zero-order valence-electron chi connectivity index (χ0n) is 42.4. The van der Waals surface area contributed by atoms with Gasteiger partial charge in [0.25, 0.3) is 0 Å². The van der Waals surface area contributed by atoms with Gasteiger partial charge in [0.05, 0.1) is 17.1 Å². The molecular weight excluding hydrogens is 885 g/mol. The SMILES string of the molecule is CC(C)(C)c1ccc(-c2ccccc2N(c2ccccc2)c2ccc3cc4c(cc3c2)oc2cc3cc(N(c5ccccc5-c5ccccc5)c5ccccc5-c5ccc(C(C)(C)C)cc5)ccc3cc24)cc1. The monoisotopic (exact) mass is 942 g/mol. The average Bonchev–Trinajstić information content (AvgIpc) is 3.76. The standard InChI is InChI=1S/C70H58N2O/c1-69(2,3)54-35-29-48(30-36-54)60-24-13-16-26-64(60)71(56-21-11-8-12-22-56)57-39-33-50-43-62-63-44-51-34-40-58(42-53(51)46-68(63)73-67(62)45-52(50)41-57)72(65-27-17-14-23-59(65)47-19-9-7-10-20-47)66-28-18-15-25-61(66)49-31-37-55(38-32-49)70(4,5)6/h7-46H,1-6H3. The zero-order chi connectivity index (χ0) is 49.8. The Kier molecular flexibility index (Phi) is 11.3. The second-order valence-electron chi connectivity index (χ2n) is 21.4. The highest BCUT2D eigenvalue weighted by atomic mass is 16.3. The summed E-state index contributed by atoms with van der Waals surface area (Å²) in [4.78, 5) is 4.81. The first-order chi connectivity index (χ1) is 35.4. The lowest BCUT2D eigenvalue weighted by atomic mass is 9.86. The normalized spacial score (nSPS) is 12.0. The summed E-state index contributed by atoms with van der Waals surface area (Å²) in [6.07, 6.45) is 0. The van der Waals surface area contributed by atoms with Gasteiger partial charge in [-0.05, 0) is 139 Å². The molecule has 0 saturated heterocycles. The maximum Gasteiger partial charge on any atom is 0.136 e. The largest absolute Gasteiger partial charge is 0.456 e. The molecular formula is C70H58N2O. The Morgan fingerprint density at radius 2 is 0.658 bits per heavy atom. The summed E-state index contributed by atoms with van der Waals surface area (Å²) in [5, 5.41) is 6.75. The fourth-order valence-corrected chi connectivity index (χ4v) is 10.6. The van der Waals surface area contributed by atoms with Crippen molar-refractivity contribution in [3.05, 3.63) is 254 Å². The van der Waals surface area contributed by atoms with Crippen LogP contribution >= 0.6 is 0 Å². The molecule has 1 aromatic heterocycles. The molecule has 354 valence electrons. The summed E-state index contributed by atoms with van der Waals surface area (Å²) in [5.41, 5.74) is 18.1. The van der Waals surface area contributed by atoms with Gasteiger partial charge < -0.3 is 14.2 Å². The van der Waals surface area contributed by atoms with Crippen molar-refractivity contribution >= 4 is 77.6 Å². The molecule has 1 heterocycles. The van der Waals surface area contributed by atoms with Gasteiger partial charge in [-0.1, -0.05) is 205 Å². The molecule has 0 unspecified atom stereocenters. The summed E-state index contributed by atoms with van der Waals surface area (Å²) in [6, 6.07) is 88.5. The molecule has 3 nitrogen and oxygen atoms in total. The van der Waals surface area contributed by atoms with Crippen LogP contribution in [0.1, 0.15) is 52.7 Å². The minimum Gasteiger partial charge on any atom is -0.456 e. The van der Waals surface area contributed by atoms with E-state index in [0.717, 1.165) is 88.7 Å². The van der Waals surface area contributed by atoms with Crippen LogP contribution in [0.3, 0.4) is 0 Å². The number of benzene rings is 11. The van der Waals surface area contributed by atoms with Crippen molar-refractivity contribution in [1.29, 1.82) is 0 Å². The summed E-state index contributed by atoms with van der Waals surface area (Å²) < 4.78 is 6.88. The number of hydrogen-bond acceptors (Lipinski definition) is 3. The Labute approximate surface area is 429 Å². The van der Waals surface area contributed by atoms with E-state index in [1.165, 1.54) is 33.4 Å². The molecule has 3 heteroatoms. The molecule has 0 bridgehead atoms. The number of hydrogen-bond donors (Lipinski definition) is 0. The molecule has 0 amide bonds. The Hall–Kier alpha value is -8.66. The van der Waals surface area contributed by atoms with Crippen molar-refractivity contribution in [3.63, 3.8) is 0 Å². The van der Waals surface area contributed by atoms with E-state index in [0.29, 0.717) is 0 Å². The Bertz CT molecular complexity index is 3970. The van der Waals surface area contributed by atoms with Crippen LogP contribution in [-0.2, 0) is 10.8 Å². The molecule has 0 saturated carbocycles. The fraction of sp³-hybridized carbons (Fsp3) is 0.114. The second-order valence-corrected chi connectivity index (χ2v) is 21.4. The number of para-hydroxylation sites is 4. The first kappa shape index (κ1) is 45.5. The highest BCUT2D eigenvalue weighted by Crippen LogP contribution is 2.47. The van der Waals surface area contributed by atoms with Gasteiger partial charge >= 0.3 is 0 Å². The van der Waals surface area contributed by atoms with E-state index < -0.39 is 0 Å². The molecule has 0 aliphatic heterocycles. The van der Waals surface area contributed by atoms with Crippen LogP contribution < -0.4 is 9.80 Å². The molecule has 73 heavy (non-hydrogen) atoms. The van der Waals surface area contributed by atoms with Crippen molar-refractivity contribution in [1.82, 2.24) is 0 Å². The molecule has 12 aromatic rings. The third-order valence-corrected chi connectivity index (χ3v) is 14.5. The van der Waals surface area contributed by atoms with Crippen LogP contribution in [0.15, 0.2) is 247 Å². The van der Waals surface area contributed by atoms with Crippen LogP contribution in [0.25, 0.3) is 76.9 Å². The first-order valence-electron chi connectivity index (χ1n) is 25.5. The Balaban J connectivity index is 0.969. The van der Waals surface area contributed by atoms with Crippen molar-refractivity contribution in [2.45, 2.75) is 52.4 Å². The average molecular weight is 943 g/mol. The third kappa shape index (κ3) is 8.61. The molecule has 0 N–H and O–H groups in total. The second kappa shape index (κ2) is 18.2. The third-order valence-electron chi connectivity index (χ3n) is 14.5. The number of fused-ring (bicyclic) bond motifs is 5. The molecule has 0 aliphatic rings. The summed E-state index contributed by atoms with van der Waals surface area (Å²) >= 11 is 0. The number of furan rings is 1. The lowest BCUT2D eigenvalue weighted by molar-refractivity contribution is 0.590. The lowest BCUT2D eigenvalue weighted by Gasteiger charge is -2.30. The maximum absolute atomic E-state index is 6.88. The Morgan fingerprint density at radius 3 is 1.10 bits per heavy atom. The van der Waals surface area contributed by atoms with Crippen molar-refractivity contribution in [2.75, 3.05) is 9.80 Å². The van der Waals surface area contributed by atoms with Gasteiger partial charge in [-0.15, -0.1) is 0 Å². The van der Waals surface area contributed by atoms with Gasteiger partial charge in [-0.25, -0.2) is 0 Å². The highest BCUT2D eigenvalue weighted by molar-refractivity contribution is 6.14. The topological polar surface area (TPSA) is 19.6 Å². The van der Waals surface area contributed by atoms with Crippen molar-refractivity contribution in [2.24, 2.45) is 0 Å². The first-order valence-corrected chi connectivity index (χ1v) is 25.5. The summed E-state index contributed by atoms with van der Waals surface area (Å²) in [6.45, 7) is 13.6. The molecule has 0 atom stereocenters. The fourth-order valence-electron chi connectivity index (χ4n) is 10.6. The van der Waals surface area contributed by atoms with Gasteiger partial charge in [-0.2, -0.15) is 0 Å². The van der Waals surface area contributed by atoms with E-state index in [2.05, 4.69) is 294 Å². The van der Waals surface area contributed by atoms with Gasteiger partial charge in [0.15, 0.2) is 0 Å². The maximum atomic E-state index is 6.88. The number of rotatable bonds is 9. The van der Waals surface area contributed by atoms with Crippen LogP contribution in [-0.4, -0.2) is 0 Å². The van der Waals surface area contributed by atoms with E-state index in [9.17, 15) is 0 Å². The predicted molar refractivity (Wildman–Crippen MR) is 312 cm³/mol. The van der Waals surface area contributed by atoms with E-state index in [-0.39, 0.29) is 10.8 Å². The van der Waals surface area contributed by atoms with Crippen LogP contribution in [0.2, 0.25) is 0 Å². The van der Waals surface area contributed by atoms with Gasteiger partial charge in [-0.3, -0.25) is 0 Å². The van der Waals surface area contributed by atoms with Crippen molar-refractivity contribution < 1.29 is 4.42 Å². The highest BCUT2D eigenvalue weighted by Gasteiger charge is 2.23. The van der Waals surface area contributed by atoms with Crippen molar-refractivity contribution in [3.8, 4) is 33.4 Å². The summed E-state index contributed by atoms with van der Waals surface area (Å²) in [5.74, 6) is 0. The van der Waals surface area contributed by atoms with E-state index >= 15 is 0 Å². The minimum absolute atomic E-state index is 0.0599. The predicted octanol–water partition coefficient (Wildman–Crippen LogP) is 20.4. The summed E-state index contributed by atoms with van der Waals surface area (Å²) in [7, 11) is 0. The van der Waals surface area contributed by atoms with Gasteiger partial charge in [0.1, 0.15) is 11.2 Å². The number of anilines is 6. The Morgan fingerprint density at radius 1 is 0.288 bits per heavy atom. The van der Waals surface area contributed by atoms with Crippen LogP contribution in [0, 0.1) is 0 Å². The van der Waals surface area contributed by atoms with Gasteiger partial charge in [0, 0.05) is 44.5 Å². The molecule has 11 aromatic carbocycles.